The Balaban J connectivity index is 0.952. The molecule has 0 saturated carbocycles. The molecule has 2 aromatic carbocycles. The molecule has 40 heavy (non-hydrogen) atoms. The molecule has 210 valence electrons. The van der Waals surface area contributed by atoms with E-state index >= 15 is 0 Å². The first kappa shape index (κ1) is 25.7. The molecule has 0 spiro atoms. The summed E-state index contributed by atoms with van der Waals surface area (Å²) in [6.07, 6.45) is 4.73. The highest BCUT2D eigenvalue weighted by atomic mass is 16.5. The van der Waals surface area contributed by atoms with E-state index < -0.39 is 0 Å². The molecule has 3 atom stereocenters. The zero-order valence-corrected chi connectivity index (χ0v) is 23.3. The summed E-state index contributed by atoms with van der Waals surface area (Å²) in [6, 6.07) is 17.3. The number of fused-ring (bicyclic) bond motifs is 2. The van der Waals surface area contributed by atoms with Crippen molar-refractivity contribution in [3.05, 3.63) is 65.2 Å². The molecule has 0 bridgehead atoms. The largest absolute Gasteiger partial charge is 0.489 e. The van der Waals surface area contributed by atoms with Crippen molar-refractivity contribution in [2.45, 2.75) is 57.0 Å². The lowest BCUT2D eigenvalue weighted by Crippen LogP contribution is -2.46. The number of benzene rings is 2. The van der Waals surface area contributed by atoms with Gasteiger partial charge >= 0.3 is 0 Å². The van der Waals surface area contributed by atoms with Crippen LogP contribution < -0.4 is 15.0 Å². The predicted molar refractivity (Wildman–Crippen MR) is 156 cm³/mol. The van der Waals surface area contributed by atoms with E-state index in [9.17, 15) is 4.79 Å². The number of nitrogens with zero attached hydrogens (tertiary/aromatic N) is 4. The number of nitrogens with one attached hydrogen (secondary N) is 1. The van der Waals surface area contributed by atoms with E-state index in [1.165, 1.54) is 10.9 Å². The van der Waals surface area contributed by atoms with Gasteiger partial charge in [0.15, 0.2) is 0 Å². The van der Waals surface area contributed by atoms with Crippen LogP contribution in [0.3, 0.4) is 0 Å². The Bertz CT molecular complexity index is 1390. The van der Waals surface area contributed by atoms with Gasteiger partial charge in [0.2, 0.25) is 0 Å². The van der Waals surface area contributed by atoms with Crippen molar-refractivity contribution in [1.82, 2.24) is 20.1 Å². The second-order valence-electron chi connectivity index (χ2n) is 11.8. The van der Waals surface area contributed by atoms with Crippen molar-refractivity contribution in [2.24, 2.45) is 0 Å². The highest BCUT2D eigenvalue weighted by Gasteiger charge is 2.34. The summed E-state index contributed by atoms with van der Waals surface area (Å²) in [7, 11) is 1.79. The molecule has 8 nitrogen and oxygen atoms in total. The van der Waals surface area contributed by atoms with Crippen molar-refractivity contribution < 1.29 is 14.3 Å². The van der Waals surface area contributed by atoms with Crippen molar-refractivity contribution in [2.75, 3.05) is 51.3 Å². The summed E-state index contributed by atoms with van der Waals surface area (Å²) in [5.41, 5.74) is 4.28. The van der Waals surface area contributed by atoms with Gasteiger partial charge < -0.3 is 24.6 Å². The van der Waals surface area contributed by atoms with Crippen molar-refractivity contribution >= 4 is 22.6 Å². The summed E-state index contributed by atoms with van der Waals surface area (Å²) in [5.74, 6) is 2.08. The number of aromatic nitrogens is 1. The molecule has 3 saturated heterocycles. The van der Waals surface area contributed by atoms with Crippen LogP contribution in [0.2, 0.25) is 0 Å². The normalized spacial score (nSPS) is 25.2. The average molecular weight is 542 g/mol. The van der Waals surface area contributed by atoms with Gasteiger partial charge in [0.25, 0.3) is 5.91 Å². The Kier molecular flexibility index (Phi) is 7.08. The summed E-state index contributed by atoms with van der Waals surface area (Å²) in [5, 5.41) is 4.61. The van der Waals surface area contributed by atoms with Gasteiger partial charge in [0.05, 0.1) is 11.6 Å². The van der Waals surface area contributed by atoms with Crippen LogP contribution in [0.1, 0.15) is 47.2 Å². The maximum atomic E-state index is 13.0. The minimum atomic E-state index is 0.162. The van der Waals surface area contributed by atoms with E-state index in [2.05, 4.69) is 51.5 Å². The molecule has 1 amide bonds. The first-order valence-corrected chi connectivity index (χ1v) is 14.8. The number of likely N-dealkylation sites (tertiary alicyclic amines) is 1. The number of hydrogen-bond donors (Lipinski definition) is 1. The number of pyridine rings is 1. The molecule has 1 unspecified atom stereocenters. The van der Waals surface area contributed by atoms with E-state index in [0.29, 0.717) is 18.7 Å². The standard InChI is InChI=1S/C32H39N5O3/c1-39-27-11-14-36(21-27)31-9-5-23-15-22(4-8-30(23)34-31)18-35-13-10-28(20-35)40-26-6-7-29-24(16-26)19-37(32(29)38)25-3-2-12-33-17-25/h4-9,15-16,25,27-28,33H,2-3,10-14,17-21H2,1H3/t25?,27-,28+/m1/s1. The van der Waals surface area contributed by atoms with Crippen LogP contribution in [0.4, 0.5) is 5.82 Å². The molecule has 1 aromatic heterocycles. The molecular formula is C32H39N5O3. The van der Waals surface area contributed by atoms with Gasteiger partial charge in [-0.25, -0.2) is 4.98 Å². The minimum Gasteiger partial charge on any atom is -0.489 e. The third-order valence-corrected chi connectivity index (χ3v) is 9.10. The monoisotopic (exact) mass is 541 g/mol. The molecule has 3 fully saturated rings. The van der Waals surface area contributed by atoms with Crippen LogP contribution >= 0.6 is 0 Å². The van der Waals surface area contributed by atoms with Gasteiger partial charge in [0.1, 0.15) is 17.7 Å². The summed E-state index contributed by atoms with van der Waals surface area (Å²) in [6.45, 7) is 7.36. The topological polar surface area (TPSA) is 70.2 Å². The van der Waals surface area contributed by atoms with Gasteiger partial charge in [-0.3, -0.25) is 9.69 Å². The molecule has 5 heterocycles. The number of hydrogen-bond acceptors (Lipinski definition) is 7. The summed E-state index contributed by atoms with van der Waals surface area (Å²) < 4.78 is 11.9. The predicted octanol–water partition coefficient (Wildman–Crippen LogP) is 3.82. The number of carbonyl (C=O) groups excluding carboxylic acids is 1. The average Bonchev–Trinajstić information content (AvgIpc) is 3.72. The molecule has 7 rings (SSSR count). The lowest BCUT2D eigenvalue weighted by atomic mass is 10.1. The molecule has 0 radical (unpaired) electrons. The highest BCUT2D eigenvalue weighted by molar-refractivity contribution is 5.98. The SMILES string of the molecule is CO[C@@H]1CCN(c2ccc3cc(CN4CC[C@H](Oc5ccc6c(c5)CN(C5CCCNC5)C6=O)C4)ccc3n2)C1. The lowest BCUT2D eigenvalue weighted by Gasteiger charge is -2.31. The van der Waals surface area contributed by atoms with Crippen LogP contribution in [0.5, 0.6) is 5.75 Å². The van der Waals surface area contributed by atoms with Crippen LogP contribution in [0.15, 0.2) is 48.5 Å². The fraction of sp³-hybridized carbons (Fsp3) is 0.500. The number of rotatable bonds is 7. The van der Waals surface area contributed by atoms with Crippen molar-refractivity contribution in [3.63, 3.8) is 0 Å². The zero-order valence-electron chi connectivity index (χ0n) is 23.3. The Morgan fingerprint density at radius 3 is 2.77 bits per heavy atom. The van der Waals surface area contributed by atoms with Crippen LogP contribution in [-0.4, -0.2) is 85.3 Å². The van der Waals surface area contributed by atoms with E-state index in [1.807, 2.05) is 17.0 Å². The lowest BCUT2D eigenvalue weighted by molar-refractivity contribution is 0.0674. The Hall–Kier alpha value is -3.20. The van der Waals surface area contributed by atoms with Crippen molar-refractivity contribution in [1.29, 1.82) is 0 Å². The smallest absolute Gasteiger partial charge is 0.254 e. The molecular weight excluding hydrogens is 502 g/mol. The maximum Gasteiger partial charge on any atom is 0.254 e. The van der Waals surface area contributed by atoms with Crippen molar-refractivity contribution in [3.8, 4) is 5.75 Å². The molecule has 4 aliphatic heterocycles. The number of amides is 1. The molecule has 1 N–H and O–H groups in total. The highest BCUT2D eigenvalue weighted by Crippen LogP contribution is 2.31. The van der Waals surface area contributed by atoms with Crippen LogP contribution in [0.25, 0.3) is 10.9 Å². The van der Waals surface area contributed by atoms with E-state index in [0.717, 1.165) is 99.7 Å². The van der Waals surface area contributed by atoms with Crippen LogP contribution in [-0.2, 0) is 17.8 Å². The minimum absolute atomic E-state index is 0.162. The number of anilines is 1. The van der Waals surface area contributed by atoms with Gasteiger partial charge in [-0.05, 0) is 85.8 Å². The zero-order chi connectivity index (χ0) is 27.1. The fourth-order valence-electron chi connectivity index (χ4n) is 6.84. The Morgan fingerprint density at radius 1 is 1.00 bits per heavy atom. The third-order valence-electron chi connectivity index (χ3n) is 9.10. The van der Waals surface area contributed by atoms with Gasteiger partial charge in [0, 0.05) is 69.9 Å². The van der Waals surface area contributed by atoms with E-state index in [-0.39, 0.29) is 12.0 Å². The third kappa shape index (κ3) is 5.16. The second kappa shape index (κ2) is 11.0. The van der Waals surface area contributed by atoms with Gasteiger partial charge in [-0.1, -0.05) is 6.07 Å². The first-order chi connectivity index (χ1) is 19.6. The Labute approximate surface area is 236 Å². The first-order valence-electron chi connectivity index (χ1n) is 14.8. The molecule has 3 aromatic rings. The fourth-order valence-corrected chi connectivity index (χ4v) is 6.84. The van der Waals surface area contributed by atoms with E-state index in [4.69, 9.17) is 14.5 Å². The van der Waals surface area contributed by atoms with Gasteiger partial charge in [-0.15, -0.1) is 0 Å². The number of methoxy groups -OCH3 is 1. The van der Waals surface area contributed by atoms with Gasteiger partial charge in [-0.2, -0.15) is 0 Å². The Morgan fingerprint density at radius 2 is 1.93 bits per heavy atom. The molecule has 0 aliphatic carbocycles. The van der Waals surface area contributed by atoms with Crippen LogP contribution in [0, 0.1) is 0 Å². The molecule has 8 heteroatoms. The number of carbonyl (C=O) groups is 1. The quantitative estimate of drug-likeness (QED) is 0.488. The summed E-state index contributed by atoms with van der Waals surface area (Å²) in [4.78, 5) is 24.7. The second-order valence-corrected chi connectivity index (χ2v) is 11.8. The summed E-state index contributed by atoms with van der Waals surface area (Å²) >= 11 is 0. The van der Waals surface area contributed by atoms with E-state index in [1.54, 1.807) is 7.11 Å². The maximum absolute atomic E-state index is 13.0. The molecule has 4 aliphatic rings. The number of piperidine rings is 1. The number of ether oxygens (including phenoxy) is 2.